The Labute approximate surface area is 187 Å². The SMILES string of the molecule is Nc1ncc(C=Cc2cnc(N3CCC4(CC3)Cc3ccccc3C4N)c(CO)n2)cn1. The van der Waals surface area contributed by atoms with Crippen LogP contribution in [0.5, 0.6) is 0 Å². The average molecular weight is 430 g/mol. The predicted molar refractivity (Wildman–Crippen MR) is 124 cm³/mol. The molecule has 8 heteroatoms. The third-order valence-electron chi connectivity index (χ3n) is 6.78. The Bertz CT molecular complexity index is 1140. The number of aliphatic hydroxyl groups is 1. The fourth-order valence-corrected chi connectivity index (χ4v) is 4.97. The van der Waals surface area contributed by atoms with Gasteiger partial charge in [-0.1, -0.05) is 24.3 Å². The summed E-state index contributed by atoms with van der Waals surface area (Å²) < 4.78 is 0. The summed E-state index contributed by atoms with van der Waals surface area (Å²) in [6.07, 6.45) is 11.7. The van der Waals surface area contributed by atoms with E-state index in [2.05, 4.69) is 49.1 Å². The maximum Gasteiger partial charge on any atom is 0.219 e. The van der Waals surface area contributed by atoms with Crippen LogP contribution in [0.3, 0.4) is 0 Å². The molecule has 8 nitrogen and oxygen atoms in total. The minimum atomic E-state index is -0.165. The zero-order valence-corrected chi connectivity index (χ0v) is 17.9. The number of hydrogen-bond acceptors (Lipinski definition) is 8. The summed E-state index contributed by atoms with van der Waals surface area (Å²) in [4.78, 5) is 19.4. The van der Waals surface area contributed by atoms with Crippen LogP contribution in [0.25, 0.3) is 12.2 Å². The normalized spacial score (nSPS) is 19.6. The molecule has 1 fully saturated rings. The Morgan fingerprint density at radius 2 is 1.81 bits per heavy atom. The Kier molecular flexibility index (Phi) is 5.32. The van der Waals surface area contributed by atoms with Gasteiger partial charge in [-0.2, -0.15) is 0 Å². The largest absolute Gasteiger partial charge is 0.390 e. The van der Waals surface area contributed by atoms with Crippen LogP contribution in [0.15, 0.2) is 42.9 Å². The number of aliphatic hydroxyl groups excluding tert-OH is 1. The number of fused-ring (bicyclic) bond motifs is 1. The monoisotopic (exact) mass is 429 g/mol. The van der Waals surface area contributed by atoms with Crippen molar-refractivity contribution in [2.45, 2.75) is 31.9 Å². The molecule has 2 aliphatic rings. The summed E-state index contributed by atoms with van der Waals surface area (Å²) in [5.41, 5.74) is 17.0. The van der Waals surface area contributed by atoms with E-state index in [-0.39, 0.29) is 24.0 Å². The van der Waals surface area contributed by atoms with Crippen LogP contribution in [-0.4, -0.2) is 38.1 Å². The maximum absolute atomic E-state index is 9.95. The molecule has 3 aromatic rings. The van der Waals surface area contributed by atoms with Crippen molar-refractivity contribution in [2.24, 2.45) is 11.1 Å². The first-order valence-electron chi connectivity index (χ1n) is 10.9. The quantitative estimate of drug-likeness (QED) is 0.577. The number of nitrogens with two attached hydrogens (primary N) is 2. The fraction of sp³-hybridized carbons (Fsp3) is 0.333. The Morgan fingerprint density at radius 3 is 2.53 bits per heavy atom. The van der Waals surface area contributed by atoms with Gasteiger partial charge in [0.1, 0.15) is 5.69 Å². The highest BCUT2D eigenvalue weighted by Gasteiger charge is 2.46. The highest BCUT2D eigenvalue weighted by molar-refractivity contribution is 5.67. The number of nitrogens with zero attached hydrogens (tertiary/aromatic N) is 5. The molecule has 32 heavy (non-hydrogen) atoms. The van der Waals surface area contributed by atoms with E-state index in [1.165, 1.54) is 11.1 Å². The fourth-order valence-electron chi connectivity index (χ4n) is 4.97. The number of benzene rings is 1. The zero-order valence-electron chi connectivity index (χ0n) is 17.9. The van der Waals surface area contributed by atoms with Gasteiger partial charge in [0.05, 0.1) is 18.5 Å². The molecule has 164 valence electrons. The third kappa shape index (κ3) is 3.72. The summed E-state index contributed by atoms with van der Waals surface area (Å²) in [6, 6.07) is 8.62. The molecule has 5 rings (SSSR count). The average Bonchev–Trinajstić information content (AvgIpc) is 3.10. The van der Waals surface area contributed by atoms with Gasteiger partial charge in [0.15, 0.2) is 5.82 Å². The Balaban J connectivity index is 1.30. The molecule has 0 bridgehead atoms. The van der Waals surface area contributed by atoms with Crippen LogP contribution in [0.2, 0.25) is 0 Å². The zero-order chi connectivity index (χ0) is 22.1. The van der Waals surface area contributed by atoms with Gasteiger partial charge in [-0.25, -0.2) is 19.9 Å². The molecule has 0 saturated carbocycles. The van der Waals surface area contributed by atoms with Crippen molar-refractivity contribution >= 4 is 23.9 Å². The highest BCUT2D eigenvalue weighted by Crippen LogP contribution is 2.50. The summed E-state index contributed by atoms with van der Waals surface area (Å²) in [6.45, 7) is 1.53. The van der Waals surface area contributed by atoms with Gasteiger partial charge >= 0.3 is 0 Å². The third-order valence-corrected chi connectivity index (χ3v) is 6.78. The summed E-state index contributed by atoms with van der Waals surface area (Å²) >= 11 is 0. The van der Waals surface area contributed by atoms with E-state index in [9.17, 15) is 5.11 Å². The van der Waals surface area contributed by atoms with E-state index in [0.717, 1.165) is 43.7 Å². The van der Waals surface area contributed by atoms with Crippen LogP contribution in [0.1, 0.15) is 47.0 Å². The molecule has 0 radical (unpaired) electrons. The van der Waals surface area contributed by atoms with Gasteiger partial charge in [-0.3, -0.25) is 0 Å². The second-order valence-electron chi connectivity index (χ2n) is 8.63. The lowest BCUT2D eigenvalue weighted by Gasteiger charge is -2.42. The van der Waals surface area contributed by atoms with E-state index in [0.29, 0.717) is 11.4 Å². The molecule has 0 amide bonds. The first kappa shape index (κ1) is 20.5. The number of anilines is 2. The molecule has 1 spiro atoms. The molecule has 2 aromatic heterocycles. The van der Waals surface area contributed by atoms with Crippen LogP contribution in [0, 0.1) is 5.41 Å². The molecule has 1 unspecified atom stereocenters. The Hall–Kier alpha value is -3.36. The summed E-state index contributed by atoms with van der Waals surface area (Å²) in [5, 5.41) is 9.95. The molecule has 1 atom stereocenters. The van der Waals surface area contributed by atoms with Crippen molar-refractivity contribution in [3.05, 3.63) is 70.9 Å². The van der Waals surface area contributed by atoms with E-state index in [1.807, 2.05) is 12.2 Å². The minimum absolute atomic E-state index is 0.0778. The van der Waals surface area contributed by atoms with Crippen molar-refractivity contribution in [1.82, 2.24) is 19.9 Å². The van der Waals surface area contributed by atoms with E-state index in [4.69, 9.17) is 11.5 Å². The predicted octanol–water partition coefficient (Wildman–Crippen LogP) is 2.35. The van der Waals surface area contributed by atoms with Crippen molar-refractivity contribution in [3.63, 3.8) is 0 Å². The van der Waals surface area contributed by atoms with Gasteiger partial charge < -0.3 is 21.5 Å². The van der Waals surface area contributed by atoms with Crippen LogP contribution >= 0.6 is 0 Å². The Morgan fingerprint density at radius 1 is 1.06 bits per heavy atom. The van der Waals surface area contributed by atoms with Crippen molar-refractivity contribution in [1.29, 1.82) is 0 Å². The topological polar surface area (TPSA) is 127 Å². The highest BCUT2D eigenvalue weighted by atomic mass is 16.3. The first-order chi connectivity index (χ1) is 15.6. The van der Waals surface area contributed by atoms with E-state index in [1.54, 1.807) is 18.6 Å². The molecule has 1 aliphatic heterocycles. The second kappa shape index (κ2) is 8.29. The smallest absolute Gasteiger partial charge is 0.219 e. The van der Waals surface area contributed by atoms with Gasteiger partial charge in [0, 0.05) is 37.1 Å². The number of rotatable bonds is 4. The van der Waals surface area contributed by atoms with Crippen molar-refractivity contribution in [3.8, 4) is 0 Å². The molecular weight excluding hydrogens is 402 g/mol. The van der Waals surface area contributed by atoms with E-state index >= 15 is 0 Å². The van der Waals surface area contributed by atoms with Gasteiger partial charge in [-0.05, 0) is 48.0 Å². The summed E-state index contributed by atoms with van der Waals surface area (Å²) in [5.74, 6) is 0.985. The minimum Gasteiger partial charge on any atom is -0.390 e. The second-order valence-corrected chi connectivity index (χ2v) is 8.63. The molecule has 1 aromatic carbocycles. The van der Waals surface area contributed by atoms with Gasteiger partial charge in [-0.15, -0.1) is 0 Å². The lowest BCUT2D eigenvalue weighted by Crippen LogP contribution is -2.45. The number of piperidine rings is 1. The molecule has 1 aliphatic carbocycles. The number of nitrogen functional groups attached to an aromatic ring is 1. The molecular formula is C24H27N7O. The van der Waals surface area contributed by atoms with Crippen molar-refractivity contribution in [2.75, 3.05) is 23.7 Å². The van der Waals surface area contributed by atoms with Gasteiger partial charge in [0.2, 0.25) is 5.95 Å². The molecule has 5 N–H and O–H groups in total. The molecule has 1 saturated heterocycles. The van der Waals surface area contributed by atoms with Gasteiger partial charge in [0.25, 0.3) is 0 Å². The first-order valence-corrected chi connectivity index (χ1v) is 10.9. The van der Waals surface area contributed by atoms with Crippen LogP contribution in [0.4, 0.5) is 11.8 Å². The number of aromatic nitrogens is 4. The lowest BCUT2D eigenvalue weighted by atomic mass is 9.73. The standard InChI is InChI=1S/C24H27N7O/c25-21-19-4-2-1-3-17(19)11-24(21)7-9-31(10-8-24)22-20(15-32)30-18(14-27-22)6-5-16-12-28-23(26)29-13-16/h1-6,12-14,21,32H,7-11,15,25H2,(H2,26,28,29). The summed E-state index contributed by atoms with van der Waals surface area (Å²) in [7, 11) is 0. The maximum atomic E-state index is 9.95. The van der Waals surface area contributed by atoms with Crippen LogP contribution in [-0.2, 0) is 13.0 Å². The molecule has 3 heterocycles. The van der Waals surface area contributed by atoms with Crippen LogP contribution < -0.4 is 16.4 Å². The lowest BCUT2D eigenvalue weighted by molar-refractivity contribution is 0.186. The van der Waals surface area contributed by atoms with Crippen molar-refractivity contribution < 1.29 is 5.11 Å². The van der Waals surface area contributed by atoms with E-state index < -0.39 is 0 Å². The number of hydrogen-bond donors (Lipinski definition) is 3.